The van der Waals surface area contributed by atoms with E-state index in [-0.39, 0.29) is 0 Å². The van der Waals surface area contributed by atoms with E-state index in [1.165, 1.54) is 6.92 Å². The molecule has 68 valence electrons. The minimum atomic E-state index is -2.34. The molecule has 0 spiro atoms. The lowest BCUT2D eigenvalue weighted by molar-refractivity contribution is 0.0437. The van der Waals surface area contributed by atoms with Gasteiger partial charge in [-0.2, -0.15) is 0 Å². The summed E-state index contributed by atoms with van der Waals surface area (Å²) in [6.07, 6.45) is -1.74. The molecule has 0 aliphatic heterocycles. The minimum Gasteiger partial charge on any atom is -0.247 e. The quantitative estimate of drug-likeness (QED) is 0.716. The Morgan fingerprint density at radius 3 is 2.36 bits per heavy atom. The smallest absolute Gasteiger partial charge is 0.168 e. The van der Waals surface area contributed by atoms with Gasteiger partial charge >= 0.3 is 0 Å². The van der Waals surface area contributed by atoms with Crippen LogP contribution in [0.4, 0.5) is 13.2 Å². The van der Waals surface area contributed by atoms with Crippen LogP contribution in [0.3, 0.4) is 0 Å². The van der Waals surface area contributed by atoms with E-state index in [2.05, 4.69) is 0 Å². The molecule has 0 fully saturated rings. The van der Waals surface area contributed by atoms with Crippen LogP contribution in [0.25, 0.3) is 0 Å². The Bertz CT molecular complexity index is 120. The van der Waals surface area contributed by atoms with E-state index in [0.29, 0.717) is 0 Å². The maximum Gasteiger partial charge on any atom is 0.168 e. The van der Waals surface area contributed by atoms with E-state index in [4.69, 9.17) is 0 Å². The summed E-state index contributed by atoms with van der Waals surface area (Å²) < 4.78 is 37.7. The third-order valence-electron chi connectivity index (χ3n) is 1.39. The highest BCUT2D eigenvalue weighted by Crippen LogP contribution is 2.31. The lowest BCUT2D eigenvalue weighted by atomic mass is 10.0. The van der Waals surface area contributed by atoms with Crippen molar-refractivity contribution >= 4 is 30.1 Å². The zero-order valence-electron chi connectivity index (χ0n) is 6.28. The fourth-order valence-electron chi connectivity index (χ4n) is 0.608. The summed E-state index contributed by atoms with van der Waals surface area (Å²) in [6.45, 7) is 1.21. The number of hydrogen-bond donors (Lipinski definition) is 0. The molecule has 0 aromatic rings. The average molecular weight is 298 g/mol. The second kappa shape index (κ2) is 4.79. The Hall–Kier alpha value is 0.870. The van der Waals surface area contributed by atoms with Gasteiger partial charge in [0.15, 0.2) is 5.67 Å². The van der Waals surface area contributed by atoms with Crippen molar-refractivity contribution in [2.24, 2.45) is 0 Å². The first-order valence-corrected chi connectivity index (χ1v) is 6.54. The summed E-state index contributed by atoms with van der Waals surface area (Å²) in [5, 5.41) is -0.513. The molecule has 0 radical (unpaired) electrons. The summed E-state index contributed by atoms with van der Waals surface area (Å²) in [5.41, 5.74) is -2.34. The average Bonchev–Trinajstić information content (AvgIpc) is 2.01. The SMILES string of the molecule is C[C@@H](SI)C(F)[C@](C)(F)CF. The van der Waals surface area contributed by atoms with Crippen LogP contribution in [0.5, 0.6) is 0 Å². The number of rotatable bonds is 4. The molecule has 0 aromatic heterocycles. The first kappa shape index (κ1) is 11.9. The number of hydrogen-bond acceptors (Lipinski definition) is 1. The first-order chi connectivity index (χ1) is 4.95. The lowest BCUT2D eigenvalue weighted by Crippen LogP contribution is -2.39. The molecule has 0 bridgehead atoms. The summed E-state index contributed by atoms with van der Waals surface area (Å²) >= 11 is 1.87. The molecular weight excluding hydrogens is 288 g/mol. The van der Waals surface area contributed by atoms with Crippen molar-refractivity contribution in [3.05, 3.63) is 0 Å². The van der Waals surface area contributed by atoms with Gasteiger partial charge < -0.3 is 0 Å². The normalized spacial score (nSPS) is 22.4. The predicted octanol–water partition coefficient (Wildman–Crippen LogP) is 3.49. The van der Waals surface area contributed by atoms with Crippen molar-refractivity contribution < 1.29 is 13.2 Å². The highest BCUT2D eigenvalue weighted by molar-refractivity contribution is 14.2. The van der Waals surface area contributed by atoms with E-state index in [1.54, 1.807) is 0 Å². The van der Waals surface area contributed by atoms with E-state index in [1.807, 2.05) is 21.2 Å². The molecule has 5 heteroatoms. The molecule has 0 amide bonds. The Morgan fingerprint density at radius 2 is 2.09 bits per heavy atom. The molecule has 0 heterocycles. The molecule has 0 N–H and O–H groups in total. The molecule has 0 aliphatic rings. The standard InChI is InChI=1S/C6H10F3IS/c1-4(11-10)5(8)6(2,9)3-7/h4-5H,3H2,1-2H3/t4-,5?,6-/m1/s1. The van der Waals surface area contributed by atoms with Crippen LogP contribution in [0.2, 0.25) is 0 Å². The summed E-state index contributed by atoms with van der Waals surface area (Å²) in [4.78, 5) is 0. The monoisotopic (exact) mass is 298 g/mol. The topological polar surface area (TPSA) is 0 Å². The van der Waals surface area contributed by atoms with Gasteiger partial charge in [0.1, 0.15) is 12.8 Å². The van der Waals surface area contributed by atoms with Crippen LogP contribution in [-0.4, -0.2) is 23.8 Å². The Labute approximate surface area is 80.9 Å². The van der Waals surface area contributed by atoms with E-state index in [0.717, 1.165) is 15.9 Å². The van der Waals surface area contributed by atoms with Gasteiger partial charge in [-0.1, -0.05) is 8.93 Å². The molecule has 1 unspecified atom stereocenters. The van der Waals surface area contributed by atoms with Gasteiger partial charge in [-0.3, -0.25) is 0 Å². The van der Waals surface area contributed by atoms with Crippen LogP contribution in [-0.2, 0) is 0 Å². The van der Waals surface area contributed by atoms with Gasteiger partial charge in [-0.25, -0.2) is 13.2 Å². The second-order valence-corrected chi connectivity index (χ2v) is 5.06. The van der Waals surface area contributed by atoms with Crippen LogP contribution in [0.15, 0.2) is 0 Å². The summed E-state index contributed by atoms with van der Waals surface area (Å²) in [7, 11) is 1.16. The molecule has 3 atom stereocenters. The van der Waals surface area contributed by atoms with Crippen molar-refractivity contribution in [3.8, 4) is 0 Å². The van der Waals surface area contributed by atoms with Crippen LogP contribution >= 0.6 is 30.1 Å². The zero-order valence-corrected chi connectivity index (χ0v) is 9.26. The van der Waals surface area contributed by atoms with Crippen LogP contribution < -0.4 is 0 Å². The summed E-state index contributed by atoms with van der Waals surface area (Å²) in [6, 6.07) is 0. The van der Waals surface area contributed by atoms with E-state index < -0.39 is 23.8 Å². The van der Waals surface area contributed by atoms with Gasteiger partial charge in [0.25, 0.3) is 0 Å². The van der Waals surface area contributed by atoms with Gasteiger partial charge in [0, 0.05) is 5.25 Å². The maximum atomic E-state index is 12.9. The van der Waals surface area contributed by atoms with Crippen LogP contribution in [0, 0.1) is 0 Å². The molecule has 0 nitrogen and oxygen atoms in total. The van der Waals surface area contributed by atoms with Crippen molar-refractivity contribution in [2.75, 3.05) is 6.67 Å². The van der Waals surface area contributed by atoms with E-state index in [9.17, 15) is 13.2 Å². The summed E-state index contributed by atoms with van der Waals surface area (Å²) in [5.74, 6) is 0. The maximum absolute atomic E-state index is 12.9. The molecule has 0 aromatic carbocycles. The largest absolute Gasteiger partial charge is 0.247 e. The van der Waals surface area contributed by atoms with Crippen molar-refractivity contribution in [1.29, 1.82) is 0 Å². The Balaban J connectivity index is 4.10. The van der Waals surface area contributed by atoms with Gasteiger partial charge in [0.2, 0.25) is 0 Å². The fraction of sp³-hybridized carbons (Fsp3) is 1.00. The Morgan fingerprint density at radius 1 is 1.64 bits per heavy atom. The highest BCUT2D eigenvalue weighted by atomic mass is 127. The third kappa shape index (κ3) is 3.40. The van der Waals surface area contributed by atoms with Gasteiger partial charge in [-0.05, 0) is 35.1 Å². The van der Waals surface area contributed by atoms with Gasteiger partial charge in [0.05, 0.1) is 0 Å². The Kier molecular flexibility index (Phi) is 5.17. The lowest BCUT2D eigenvalue weighted by Gasteiger charge is -2.24. The second-order valence-electron chi connectivity index (χ2n) is 2.61. The first-order valence-electron chi connectivity index (χ1n) is 3.12. The molecule has 0 rings (SSSR count). The molecule has 0 saturated heterocycles. The number of halogens is 4. The molecule has 0 saturated carbocycles. The zero-order chi connectivity index (χ0) is 9.07. The fourth-order valence-corrected chi connectivity index (χ4v) is 1.76. The van der Waals surface area contributed by atoms with Crippen molar-refractivity contribution in [2.45, 2.75) is 30.9 Å². The van der Waals surface area contributed by atoms with Crippen LogP contribution in [0.1, 0.15) is 13.8 Å². The van der Waals surface area contributed by atoms with Crippen molar-refractivity contribution in [1.82, 2.24) is 0 Å². The van der Waals surface area contributed by atoms with Crippen molar-refractivity contribution in [3.63, 3.8) is 0 Å². The predicted molar refractivity (Wildman–Crippen MR) is 51.5 cm³/mol. The van der Waals surface area contributed by atoms with E-state index >= 15 is 0 Å². The minimum absolute atomic E-state index is 0.513. The van der Waals surface area contributed by atoms with Gasteiger partial charge in [-0.15, -0.1) is 0 Å². The molecular formula is C6H10F3IS. The number of alkyl halides is 3. The molecule has 11 heavy (non-hydrogen) atoms. The highest BCUT2D eigenvalue weighted by Gasteiger charge is 2.38. The molecule has 0 aliphatic carbocycles. The third-order valence-corrected chi connectivity index (χ3v) is 4.32.